The van der Waals surface area contributed by atoms with Crippen molar-refractivity contribution in [1.29, 1.82) is 0 Å². The molecule has 124 valence electrons. The number of nitrogens with zero attached hydrogens (tertiary/aromatic N) is 1. The van der Waals surface area contributed by atoms with Crippen molar-refractivity contribution in [3.63, 3.8) is 0 Å². The number of hydrogen-bond acceptors (Lipinski definition) is 2. The summed E-state index contributed by atoms with van der Waals surface area (Å²) in [6, 6.07) is 1.51. The fourth-order valence-corrected chi connectivity index (χ4v) is 4.26. The zero-order valence-corrected chi connectivity index (χ0v) is 15.1. The maximum Gasteiger partial charge on any atom is 0.0252 e. The molecule has 2 nitrogen and oxygen atoms in total. The zero-order chi connectivity index (χ0) is 15.5. The van der Waals surface area contributed by atoms with Crippen LogP contribution >= 0.6 is 0 Å². The van der Waals surface area contributed by atoms with Gasteiger partial charge in [-0.15, -0.1) is 0 Å². The first kappa shape index (κ1) is 17.3. The molecule has 2 heteroatoms. The zero-order valence-electron chi connectivity index (χ0n) is 15.1. The van der Waals surface area contributed by atoms with Gasteiger partial charge in [0, 0.05) is 12.1 Å². The van der Waals surface area contributed by atoms with Crippen LogP contribution in [0, 0.1) is 17.3 Å². The number of likely N-dealkylation sites (tertiary alicyclic amines) is 1. The van der Waals surface area contributed by atoms with Crippen LogP contribution in [0.2, 0.25) is 0 Å². The van der Waals surface area contributed by atoms with E-state index < -0.39 is 0 Å². The number of piperidine rings is 1. The SMILES string of the molecule is CCCNC1CCC(C(C)(C)C)CC1N1CCC(C)CC1. The molecule has 0 radical (unpaired) electrons. The van der Waals surface area contributed by atoms with Crippen molar-refractivity contribution in [2.24, 2.45) is 17.3 Å². The molecule has 1 aliphatic carbocycles. The van der Waals surface area contributed by atoms with E-state index in [9.17, 15) is 0 Å². The second kappa shape index (κ2) is 7.46. The Morgan fingerprint density at radius 3 is 2.29 bits per heavy atom. The van der Waals surface area contributed by atoms with Gasteiger partial charge in [-0.2, -0.15) is 0 Å². The number of hydrogen-bond donors (Lipinski definition) is 1. The quantitative estimate of drug-likeness (QED) is 0.831. The molecular weight excluding hydrogens is 256 g/mol. The third-order valence-corrected chi connectivity index (χ3v) is 5.99. The first-order valence-corrected chi connectivity index (χ1v) is 9.39. The Balaban J connectivity index is 2.01. The maximum absolute atomic E-state index is 3.86. The minimum absolute atomic E-state index is 0.469. The van der Waals surface area contributed by atoms with Gasteiger partial charge in [0.25, 0.3) is 0 Å². The summed E-state index contributed by atoms with van der Waals surface area (Å²) in [5.41, 5.74) is 0.469. The van der Waals surface area contributed by atoms with Crippen molar-refractivity contribution in [3.8, 4) is 0 Å². The lowest BCUT2D eigenvalue weighted by Crippen LogP contribution is -2.56. The molecule has 2 aliphatic rings. The molecule has 0 aromatic rings. The molecule has 1 N–H and O–H groups in total. The first-order chi connectivity index (χ1) is 9.91. The van der Waals surface area contributed by atoms with Crippen LogP contribution in [-0.2, 0) is 0 Å². The molecule has 1 aliphatic heterocycles. The lowest BCUT2D eigenvalue weighted by molar-refractivity contribution is 0.0395. The molecule has 0 aromatic carbocycles. The second-order valence-electron chi connectivity index (χ2n) is 8.72. The monoisotopic (exact) mass is 294 g/mol. The largest absolute Gasteiger partial charge is 0.312 e. The van der Waals surface area contributed by atoms with Crippen LogP contribution in [0.25, 0.3) is 0 Å². The fourth-order valence-electron chi connectivity index (χ4n) is 4.26. The van der Waals surface area contributed by atoms with Crippen molar-refractivity contribution in [3.05, 3.63) is 0 Å². The average Bonchev–Trinajstić information content (AvgIpc) is 2.45. The third kappa shape index (κ3) is 4.69. The molecular formula is C19H38N2. The Labute approximate surface area is 133 Å². The van der Waals surface area contributed by atoms with Gasteiger partial charge in [-0.1, -0.05) is 34.6 Å². The van der Waals surface area contributed by atoms with Crippen molar-refractivity contribution >= 4 is 0 Å². The molecule has 3 unspecified atom stereocenters. The van der Waals surface area contributed by atoms with Crippen LogP contribution in [0.3, 0.4) is 0 Å². The van der Waals surface area contributed by atoms with Gasteiger partial charge in [0.2, 0.25) is 0 Å². The molecule has 2 rings (SSSR count). The third-order valence-electron chi connectivity index (χ3n) is 5.99. The summed E-state index contributed by atoms with van der Waals surface area (Å²) in [6.07, 6.45) is 8.24. The van der Waals surface area contributed by atoms with E-state index in [1.807, 2.05) is 0 Å². The summed E-state index contributed by atoms with van der Waals surface area (Å²) >= 11 is 0. The van der Waals surface area contributed by atoms with Crippen LogP contribution in [0.5, 0.6) is 0 Å². The van der Waals surface area contributed by atoms with Gasteiger partial charge in [-0.3, -0.25) is 4.90 Å². The van der Waals surface area contributed by atoms with Gasteiger partial charge >= 0.3 is 0 Å². The van der Waals surface area contributed by atoms with Gasteiger partial charge in [0.05, 0.1) is 0 Å². The molecule has 0 amide bonds. The lowest BCUT2D eigenvalue weighted by atomic mass is 9.69. The van der Waals surface area contributed by atoms with Crippen molar-refractivity contribution in [2.75, 3.05) is 19.6 Å². The van der Waals surface area contributed by atoms with Crippen molar-refractivity contribution in [1.82, 2.24) is 10.2 Å². The summed E-state index contributed by atoms with van der Waals surface area (Å²) in [6.45, 7) is 15.9. The van der Waals surface area contributed by atoms with Crippen molar-refractivity contribution < 1.29 is 0 Å². The molecule has 21 heavy (non-hydrogen) atoms. The Hall–Kier alpha value is -0.0800. The van der Waals surface area contributed by atoms with Crippen LogP contribution < -0.4 is 5.32 Å². The molecule has 0 spiro atoms. The predicted molar refractivity (Wildman–Crippen MR) is 92.6 cm³/mol. The first-order valence-electron chi connectivity index (χ1n) is 9.39. The van der Waals surface area contributed by atoms with Gasteiger partial charge in [0.15, 0.2) is 0 Å². The van der Waals surface area contributed by atoms with Crippen LogP contribution in [-0.4, -0.2) is 36.6 Å². The Bertz CT molecular complexity index is 294. The van der Waals surface area contributed by atoms with E-state index in [-0.39, 0.29) is 0 Å². The summed E-state index contributed by atoms with van der Waals surface area (Å²) in [5, 5.41) is 3.86. The fraction of sp³-hybridized carbons (Fsp3) is 1.00. The van der Waals surface area contributed by atoms with Gasteiger partial charge < -0.3 is 5.32 Å². The normalized spacial score (nSPS) is 33.3. The Kier molecular flexibility index (Phi) is 6.14. The minimum atomic E-state index is 0.469. The van der Waals surface area contributed by atoms with Crippen LogP contribution in [0.1, 0.15) is 73.1 Å². The Morgan fingerprint density at radius 2 is 1.71 bits per heavy atom. The molecule has 0 aromatic heterocycles. The van der Waals surface area contributed by atoms with E-state index in [0.29, 0.717) is 5.41 Å². The summed E-state index contributed by atoms with van der Waals surface area (Å²) in [7, 11) is 0. The predicted octanol–water partition coefficient (Wildman–Crippen LogP) is 4.30. The van der Waals surface area contributed by atoms with E-state index in [1.165, 1.54) is 58.2 Å². The molecule has 1 heterocycles. The standard InChI is InChI=1S/C19H38N2/c1-6-11-20-17-8-7-16(19(3,4)5)14-18(17)21-12-9-15(2)10-13-21/h15-18,20H,6-14H2,1-5H3. The molecule has 1 saturated carbocycles. The maximum atomic E-state index is 3.86. The van der Waals surface area contributed by atoms with E-state index in [1.54, 1.807) is 0 Å². The summed E-state index contributed by atoms with van der Waals surface area (Å²) in [5.74, 6) is 1.83. The smallest absolute Gasteiger partial charge is 0.0252 e. The highest BCUT2D eigenvalue weighted by Crippen LogP contribution is 2.40. The minimum Gasteiger partial charge on any atom is -0.312 e. The lowest BCUT2D eigenvalue weighted by Gasteiger charge is -2.48. The van der Waals surface area contributed by atoms with E-state index in [4.69, 9.17) is 0 Å². The van der Waals surface area contributed by atoms with Crippen molar-refractivity contribution in [2.45, 2.75) is 85.2 Å². The van der Waals surface area contributed by atoms with Crippen LogP contribution in [0.15, 0.2) is 0 Å². The van der Waals surface area contributed by atoms with Gasteiger partial charge in [-0.25, -0.2) is 0 Å². The summed E-state index contributed by atoms with van der Waals surface area (Å²) < 4.78 is 0. The van der Waals surface area contributed by atoms with Gasteiger partial charge in [-0.05, 0) is 75.4 Å². The van der Waals surface area contributed by atoms with E-state index >= 15 is 0 Å². The van der Waals surface area contributed by atoms with E-state index in [2.05, 4.69) is 44.8 Å². The van der Waals surface area contributed by atoms with E-state index in [0.717, 1.165) is 23.9 Å². The van der Waals surface area contributed by atoms with Gasteiger partial charge in [0.1, 0.15) is 0 Å². The Morgan fingerprint density at radius 1 is 1.05 bits per heavy atom. The number of rotatable bonds is 4. The molecule has 0 bridgehead atoms. The number of nitrogens with one attached hydrogen (secondary N) is 1. The second-order valence-corrected chi connectivity index (χ2v) is 8.72. The topological polar surface area (TPSA) is 15.3 Å². The molecule has 2 fully saturated rings. The van der Waals surface area contributed by atoms with Crippen LogP contribution in [0.4, 0.5) is 0 Å². The molecule has 1 saturated heterocycles. The average molecular weight is 295 g/mol. The molecule has 3 atom stereocenters. The highest BCUT2D eigenvalue weighted by atomic mass is 15.2. The highest BCUT2D eigenvalue weighted by molar-refractivity contribution is 4.95. The summed E-state index contributed by atoms with van der Waals surface area (Å²) in [4.78, 5) is 2.82. The highest BCUT2D eigenvalue weighted by Gasteiger charge is 2.38.